The zero-order valence-electron chi connectivity index (χ0n) is 23.8. The van der Waals surface area contributed by atoms with Gasteiger partial charge >= 0.3 is 0 Å². The summed E-state index contributed by atoms with van der Waals surface area (Å²) in [7, 11) is 1.34. The van der Waals surface area contributed by atoms with Crippen LogP contribution in [0, 0.1) is 11.6 Å². The minimum Gasteiger partial charge on any atom is -0.323 e. The van der Waals surface area contributed by atoms with Gasteiger partial charge in [0.25, 0.3) is 11.8 Å². The van der Waals surface area contributed by atoms with Crippen LogP contribution < -0.4 is 21.6 Å². The number of pyridine rings is 2. The van der Waals surface area contributed by atoms with Crippen molar-refractivity contribution in [2.45, 2.75) is 33.6 Å². The van der Waals surface area contributed by atoms with Crippen LogP contribution in [0.15, 0.2) is 48.8 Å². The van der Waals surface area contributed by atoms with Gasteiger partial charge in [-0.15, -0.1) is 20.4 Å². The van der Waals surface area contributed by atoms with E-state index in [1.54, 1.807) is 19.1 Å². The van der Waals surface area contributed by atoms with E-state index in [1.807, 2.05) is 13.8 Å². The fraction of sp³-hybridized carbons (Fsp3) is 0.259. The molecule has 0 aromatic carbocycles. The van der Waals surface area contributed by atoms with E-state index in [-0.39, 0.29) is 11.4 Å². The molecule has 0 aliphatic rings. The Morgan fingerprint density at radius 1 is 0.698 bits per heavy atom. The van der Waals surface area contributed by atoms with Crippen LogP contribution in [0.2, 0.25) is 0 Å². The molecule has 0 bridgehead atoms. The Bertz CT molecular complexity index is 1510. The average Bonchev–Trinajstić information content (AvgIpc) is 3.02. The molecule has 4 rings (SSSR count). The molecule has 14 nitrogen and oxygen atoms in total. The van der Waals surface area contributed by atoms with Crippen molar-refractivity contribution < 1.29 is 28.0 Å². The Morgan fingerprint density at radius 2 is 1.16 bits per heavy atom. The molecule has 2 amide bonds. The van der Waals surface area contributed by atoms with E-state index in [2.05, 4.69) is 56.8 Å². The highest BCUT2D eigenvalue weighted by atomic mass is 19.1. The second-order valence-electron chi connectivity index (χ2n) is 8.39. The summed E-state index contributed by atoms with van der Waals surface area (Å²) in [5.41, 5.74) is 6.28. The molecule has 0 spiro atoms. The number of aromatic nitrogens is 6. The third-order valence-corrected chi connectivity index (χ3v) is 5.41. The molecular weight excluding hydrogens is 566 g/mol. The molecule has 0 atom stereocenters. The Morgan fingerprint density at radius 3 is 1.53 bits per heavy atom. The second-order valence-corrected chi connectivity index (χ2v) is 8.39. The number of halogens is 2. The molecule has 4 aromatic rings. The predicted octanol–water partition coefficient (Wildman–Crippen LogP) is 3.61. The lowest BCUT2D eigenvalue weighted by atomic mass is 10.1. The maximum absolute atomic E-state index is 12.8. The summed E-state index contributed by atoms with van der Waals surface area (Å²) in [5, 5.41) is 21.4. The molecule has 0 saturated carbocycles. The number of carbonyl (C=O) groups excluding carboxylic acids is 2. The highest BCUT2D eigenvalue weighted by molar-refractivity contribution is 5.93. The zero-order chi connectivity index (χ0) is 31.2. The van der Waals surface area contributed by atoms with Crippen LogP contribution in [0.25, 0.3) is 0 Å². The standard InChI is InChI=1S/C14H16FN5O2.C13H14FN5O2/c1-3-9-7-12(17-11-6-5-10(15)8-16-11)18-19-13(9)14(21)20-22-4-2;1-3-8-6-11(16-10-5-4-9(14)7-15-10)17-18-12(8)13(20)19-21-2/h5-8H,3-4H2,1-2H3,(H,20,21)(H,16,17,18);4-7H,3H2,1-2H3,(H,19,20)(H,15,16,17). The number of rotatable bonds is 11. The number of nitrogens with one attached hydrogen (secondary N) is 4. The molecule has 0 saturated heterocycles. The van der Waals surface area contributed by atoms with Gasteiger partial charge in [-0.2, -0.15) is 0 Å². The smallest absolute Gasteiger partial charge is 0.295 e. The Balaban J connectivity index is 0.000000236. The van der Waals surface area contributed by atoms with E-state index < -0.39 is 23.4 Å². The number of amides is 2. The largest absolute Gasteiger partial charge is 0.323 e. The lowest BCUT2D eigenvalue weighted by Crippen LogP contribution is -2.26. The first kappa shape index (κ1) is 32.3. The van der Waals surface area contributed by atoms with Crippen molar-refractivity contribution in [2.24, 2.45) is 0 Å². The first-order valence-electron chi connectivity index (χ1n) is 13.0. The van der Waals surface area contributed by atoms with Crippen molar-refractivity contribution in [1.82, 2.24) is 41.3 Å². The van der Waals surface area contributed by atoms with Gasteiger partial charge in [-0.05, 0) is 67.3 Å². The van der Waals surface area contributed by atoms with Crippen LogP contribution >= 0.6 is 0 Å². The number of hydrogen-bond donors (Lipinski definition) is 4. The van der Waals surface area contributed by atoms with Crippen molar-refractivity contribution >= 4 is 35.1 Å². The van der Waals surface area contributed by atoms with Crippen molar-refractivity contribution in [3.8, 4) is 0 Å². The average molecular weight is 597 g/mol. The van der Waals surface area contributed by atoms with Crippen LogP contribution in [-0.2, 0) is 22.5 Å². The summed E-state index contributed by atoms with van der Waals surface area (Å²) < 4.78 is 25.6. The van der Waals surface area contributed by atoms with E-state index in [1.165, 1.54) is 31.4 Å². The summed E-state index contributed by atoms with van der Waals surface area (Å²) in [6, 6.07) is 8.91. The highest BCUT2D eigenvalue weighted by Gasteiger charge is 2.15. The molecule has 4 N–H and O–H groups in total. The van der Waals surface area contributed by atoms with Crippen molar-refractivity contribution in [3.05, 3.63) is 82.9 Å². The Hall–Kier alpha value is -5.22. The number of aryl methyl sites for hydroxylation is 2. The van der Waals surface area contributed by atoms with E-state index >= 15 is 0 Å². The normalized spacial score (nSPS) is 10.3. The lowest BCUT2D eigenvalue weighted by molar-refractivity contribution is 0.0358. The van der Waals surface area contributed by atoms with E-state index in [4.69, 9.17) is 4.84 Å². The zero-order valence-corrected chi connectivity index (χ0v) is 23.8. The van der Waals surface area contributed by atoms with Crippen LogP contribution in [0.4, 0.5) is 32.1 Å². The lowest BCUT2D eigenvalue weighted by Gasteiger charge is -2.09. The van der Waals surface area contributed by atoms with Crippen LogP contribution in [0.1, 0.15) is 52.9 Å². The summed E-state index contributed by atoms with van der Waals surface area (Å²) in [6.45, 7) is 5.90. The van der Waals surface area contributed by atoms with E-state index in [0.717, 1.165) is 12.4 Å². The fourth-order valence-corrected chi connectivity index (χ4v) is 3.39. The van der Waals surface area contributed by atoms with Gasteiger partial charge in [-0.3, -0.25) is 19.3 Å². The Kier molecular flexibility index (Phi) is 12.2. The molecule has 226 valence electrons. The van der Waals surface area contributed by atoms with Gasteiger partial charge in [0.15, 0.2) is 23.0 Å². The van der Waals surface area contributed by atoms with Gasteiger partial charge < -0.3 is 10.6 Å². The molecule has 0 fully saturated rings. The molecule has 0 unspecified atom stereocenters. The SMILES string of the molecule is CCONC(=O)c1nnc(Nc2ccc(F)cn2)cc1CC.CCc1cc(Nc2ccc(F)cn2)nnc1C(=O)NOC. The molecule has 43 heavy (non-hydrogen) atoms. The molecule has 0 aliphatic heterocycles. The van der Waals surface area contributed by atoms with Gasteiger partial charge in [-0.1, -0.05) is 13.8 Å². The van der Waals surface area contributed by atoms with Crippen molar-refractivity contribution in [3.63, 3.8) is 0 Å². The van der Waals surface area contributed by atoms with Crippen molar-refractivity contribution in [1.29, 1.82) is 0 Å². The van der Waals surface area contributed by atoms with Crippen molar-refractivity contribution in [2.75, 3.05) is 24.4 Å². The number of nitrogens with zero attached hydrogens (tertiary/aromatic N) is 6. The minimum absolute atomic E-state index is 0.192. The first-order valence-corrected chi connectivity index (χ1v) is 13.0. The quantitative estimate of drug-likeness (QED) is 0.185. The topological polar surface area (TPSA) is 178 Å². The summed E-state index contributed by atoms with van der Waals surface area (Å²) in [4.78, 5) is 40.8. The minimum atomic E-state index is -0.465. The second kappa shape index (κ2) is 16.3. The van der Waals surface area contributed by atoms with Gasteiger partial charge in [0.2, 0.25) is 0 Å². The number of hydrogen-bond acceptors (Lipinski definition) is 12. The molecule has 4 aromatic heterocycles. The van der Waals surface area contributed by atoms with Crippen LogP contribution in [0.5, 0.6) is 0 Å². The monoisotopic (exact) mass is 596 g/mol. The summed E-state index contributed by atoms with van der Waals surface area (Å²) in [6.07, 6.45) is 3.38. The van der Waals surface area contributed by atoms with E-state index in [9.17, 15) is 18.4 Å². The molecule has 0 radical (unpaired) electrons. The number of anilines is 4. The molecule has 4 heterocycles. The van der Waals surface area contributed by atoms with Gasteiger partial charge in [0.05, 0.1) is 26.1 Å². The van der Waals surface area contributed by atoms with Gasteiger partial charge in [0.1, 0.15) is 23.3 Å². The number of carbonyl (C=O) groups is 2. The molecule has 0 aliphatic carbocycles. The summed E-state index contributed by atoms with van der Waals surface area (Å²) in [5.74, 6) is -0.0535. The van der Waals surface area contributed by atoms with Crippen LogP contribution in [0.3, 0.4) is 0 Å². The van der Waals surface area contributed by atoms with Gasteiger partial charge in [0, 0.05) is 0 Å². The third kappa shape index (κ3) is 9.68. The summed E-state index contributed by atoms with van der Waals surface area (Å²) >= 11 is 0. The molecule has 16 heteroatoms. The maximum atomic E-state index is 12.8. The fourth-order valence-electron chi connectivity index (χ4n) is 3.39. The Labute approximate surface area is 245 Å². The van der Waals surface area contributed by atoms with E-state index in [0.29, 0.717) is 53.8 Å². The van der Waals surface area contributed by atoms with Crippen LogP contribution in [-0.4, -0.2) is 55.9 Å². The highest BCUT2D eigenvalue weighted by Crippen LogP contribution is 2.17. The maximum Gasteiger partial charge on any atom is 0.295 e. The number of hydroxylamine groups is 2. The van der Waals surface area contributed by atoms with Gasteiger partial charge in [-0.25, -0.2) is 29.7 Å². The third-order valence-electron chi connectivity index (χ3n) is 5.41. The molecular formula is C27H30F2N10O4. The first-order chi connectivity index (χ1) is 20.8. The predicted molar refractivity (Wildman–Crippen MR) is 151 cm³/mol.